The zero-order valence-corrected chi connectivity index (χ0v) is 31.9. The molecule has 0 N–H and O–H groups in total. The van der Waals surface area contributed by atoms with E-state index in [1.807, 2.05) is 0 Å². The van der Waals surface area contributed by atoms with Crippen LogP contribution in [0.5, 0.6) is 0 Å². The Hall–Kier alpha value is -5.18. The van der Waals surface area contributed by atoms with Gasteiger partial charge in [-0.15, -0.1) is 0 Å². The Bertz CT molecular complexity index is 1930. The van der Waals surface area contributed by atoms with Crippen LogP contribution in [0.1, 0.15) is 107 Å². The van der Waals surface area contributed by atoms with Crippen LogP contribution in [0.2, 0.25) is 0 Å². The number of imidazole rings is 1. The van der Waals surface area contributed by atoms with Crippen molar-refractivity contribution >= 4 is 0 Å². The Labute approximate surface area is 316 Å². The van der Waals surface area contributed by atoms with Crippen LogP contribution in [0.3, 0.4) is 0 Å². The fourth-order valence-corrected chi connectivity index (χ4v) is 7.89. The molecule has 7 aromatic rings. The van der Waals surface area contributed by atoms with Crippen molar-refractivity contribution in [2.24, 2.45) is 0 Å². The first-order valence-corrected chi connectivity index (χ1v) is 18.4. The van der Waals surface area contributed by atoms with Gasteiger partial charge in [0, 0.05) is 45.9 Å². The van der Waals surface area contributed by atoms with Crippen LogP contribution in [0.25, 0.3) is 11.4 Å². The summed E-state index contributed by atoms with van der Waals surface area (Å²) in [6.45, 7) is 13.9. The summed E-state index contributed by atoms with van der Waals surface area (Å²) in [6.07, 6.45) is 6.85. The first kappa shape index (κ1) is 36.6. The molecule has 0 aliphatic heterocycles. The maximum absolute atomic E-state index is 2.40. The highest BCUT2D eigenvalue weighted by Crippen LogP contribution is 2.39. The van der Waals surface area contributed by atoms with Crippen LogP contribution in [-0.4, -0.2) is 4.57 Å². The number of rotatable bonds is 10. The van der Waals surface area contributed by atoms with Crippen LogP contribution in [0.4, 0.5) is 0 Å². The summed E-state index contributed by atoms with van der Waals surface area (Å²) in [5, 5.41) is 0. The molecule has 1 heterocycles. The summed E-state index contributed by atoms with van der Waals surface area (Å²) in [6, 6.07) is 53.3. The van der Waals surface area contributed by atoms with E-state index in [1.165, 1.54) is 67.0 Å². The molecule has 52 heavy (non-hydrogen) atoms. The molecule has 2 nitrogen and oxygen atoms in total. The lowest BCUT2D eigenvalue weighted by Crippen LogP contribution is -3.00. The molecule has 0 amide bonds. The Morgan fingerprint density at radius 3 is 1.10 bits per heavy atom. The SMILES string of the molecule is Cc1cc(C(C)c2ccccc2)c(-n2cc[n+](-c3c(C(C)c4ccccc4)cc(C)cc3[C@@H](C)c3ccccc3)c2)c([C@@H](C)c2ccccc2)c1.[Cl-]. The summed E-state index contributed by atoms with van der Waals surface area (Å²) >= 11 is 0. The van der Waals surface area contributed by atoms with Crippen molar-refractivity contribution in [3.05, 3.63) is 220 Å². The van der Waals surface area contributed by atoms with E-state index in [1.54, 1.807) is 0 Å². The van der Waals surface area contributed by atoms with Crippen molar-refractivity contribution in [3.63, 3.8) is 0 Å². The highest BCUT2D eigenvalue weighted by atomic mass is 35.5. The van der Waals surface area contributed by atoms with Gasteiger partial charge in [0.05, 0.1) is 0 Å². The second kappa shape index (κ2) is 16.0. The Morgan fingerprint density at radius 1 is 0.442 bits per heavy atom. The van der Waals surface area contributed by atoms with Crippen molar-refractivity contribution in [2.75, 3.05) is 0 Å². The Morgan fingerprint density at radius 2 is 0.750 bits per heavy atom. The lowest BCUT2D eigenvalue weighted by atomic mass is 9.84. The van der Waals surface area contributed by atoms with Crippen molar-refractivity contribution in [2.45, 2.75) is 65.2 Å². The maximum atomic E-state index is 2.40. The molecule has 3 heteroatoms. The van der Waals surface area contributed by atoms with Gasteiger partial charge >= 0.3 is 0 Å². The van der Waals surface area contributed by atoms with Crippen LogP contribution in [-0.2, 0) is 0 Å². The predicted molar refractivity (Wildman–Crippen MR) is 213 cm³/mol. The van der Waals surface area contributed by atoms with Gasteiger partial charge in [-0.1, -0.05) is 184 Å². The molecule has 4 atom stereocenters. The average Bonchev–Trinajstić information content (AvgIpc) is 3.66. The van der Waals surface area contributed by atoms with Gasteiger partial charge in [0.25, 0.3) is 6.33 Å². The molecule has 262 valence electrons. The fourth-order valence-electron chi connectivity index (χ4n) is 7.89. The summed E-state index contributed by atoms with van der Waals surface area (Å²) < 4.78 is 4.77. The summed E-state index contributed by atoms with van der Waals surface area (Å²) in [5.41, 5.74) is 15.7. The van der Waals surface area contributed by atoms with Gasteiger partial charge in [-0.3, -0.25) is 0 Å². The zero-order valence-electron chi connectivity index (χ0n) is 31.2. The molecule has 0 bridgehead atoms. The minimum atomic E-state index is 0. The third-order valence-electron chi connectivity index (χ3n) is 10.8. The molecule has 0 aliphatic rings. The average molecular weight is 701 g/mol. The summed E-state index contributed by atoms with van der Waals surface area (Å²) in [5.74, 6) is 0.835. The molecule has 6 aromatic carbocycles. The summed E-state index contributed by atoms with van der Waals surface area (Å²) in [4.78, 5) is 0. The number of halogens is 1. The number of aryl methyl sites for hydroxylation is 2. The topological polar surface area (TPSA) is 8.81 Å². The highest BCUT2D eigenvalue weighted by Gasteiger charge is 2.29. The zero-order chi connectivity index (χ0) is 35.5. The molecule has 0 aliphatic carbocycles. The van der Waals surface area contributed by atoms with Crippen LogP contribution >= 0.6 is 0 Å². The van der Waals surface area contributed by atoms with Crippen molar-refractivity contribution in [3.8, 4) is 11.4 Å². The second-order valence-corrected chi connectivity index (χ2v) is 14.3. The molecular weight excluding hydrogens is 652 g/mol. The van der Waals surface area contributed by atoms with Crippen LogP contribution in [0, 0.1) is 13.8 Å². The standard InChI is InChI=1S/C49H49N2.ClH/c1-34-29-44(36(3)40-19-11-7-12-20-40)48(45(30-34)37(4)41-21-13-8-14-22-41)50-27-28-51(33-50)49-46(38(5)42-23-15-9-16-24-42)31-35(2)32-47(49)39(6)43-25-17-10-18-26-43;/h7-33,36-39H,1-6H3;1H/q+1;/p-1/t36-,37?,38-,39?;/m0./s1. The van der Waals surface area contributed by atoms with Gasteiger partial charge in [0.1, 0.15) is 23.8 Å². The van der Waals surface area contributed by atoms with Crippen molar-refractivity contribution in [1.29, 1.82) is 0 Å². The Balaban J connectivity index is 0.00000464. The van der Waals surface area contributed by atoms with Crippen molar-refractivity contribution < 1.29 is 17.0 Å². The molecule has 7 rings (SSSR count). The first-order chi connectivity index (χ1) is 24.8. The minimum Gasteiger partial charge on any atom is -1.00 e. The number of nitrogens with zero attached hydrogens (tertiary/aromatic N) is 2. The molecule has 0 saturated heterocycles. The van der Waals surface area contributed by atoms with Crippen LogP contribution < -0.4 is 17.0 Å². The number of hydrogen-bond donors (Lipinski definition) is 0. The molecular formula is C49H49ClN2. The second-order valence-electron chi connectivity index (χ2n) is 14.3. The van der Waals surface area contributed by atoms with E-state index in [2.05, 4.69) is 215 Å². The molecule has 0 spiro atoms. The summed E-state index contributed by atoms with van der Waals surface area (Å²) in [7, 11) is 0. The van der Waals surface area contributed by atoms with Crippen molar-refractivity contribution in [1.82, 2.24) is 4.57 Å². The van der Waals surface area contributed by atoms with Gasteiger partial charge in [0.15, 0.2) is 0 Å². The molecule has 0 saturated carbocycles. The van der Waals surface area contributed by atoms with E-state index < -0.39 is 0 Å². The van der Waals surface area contributed by atoms with E-state index in [4.69, 9.17) is 0 Å². The quantitative estimate of drug-likeness (QED) is 0.126. The largest absolute Gasteiger partial charge is 1.00 e. The normalized spacial score (nSPS) is 13.5. The molecule has 1 aromatic heterocycles. The van der Waals surface area contributed by atoms with Gasteiger partial charge < -0.3 is 12.4 Å². The van der Waals surface area contributed by atoms with Gasteiger partial charge in [-0.2, -0.15) is 0 Å². The van der Waals surface area contributed by atoms with E-state index >= 15 is 0 Å². The lowest BCUT2D eigenvalue weighted by molar-refractivity contribution is -0.596. The third kappa shape index (κ3) is 7.40. The highest BCUT2D eigenvalue weighted by molar-refractivity contribution is 5.58. The maximum Gasteiger partial charge on any atom is 0.254 e. The van der Waals surface area contributed by atoms with Gasteiger partial charge in [-0.25, -0.2) is 9.13 Å². The minimum absolute atomic E-state index is 0. The van der Waals surface area contributed by atoms with Gasteiger partial charge in [-0.05, 0) is 36.1 Å². The predicted octanol–water partition coefficient (Wildman–Crippen LogP) is 8.98. The van der Waals surface area contributed by atoms with E-state index in [9.17, 15) is 0 Å². The molecule has 0 radical (unpaired) electrons. The molecule has 2 unspecified atom stereocenters. The van der Waals surface area contributed by atoms with Crippen LogP contribution in [0.15, 0.2) is 164 Å². The number of hydrogen-bond acceptors (Lipinski definition) is 0. The molecule has 0 fully saturated rings. The van der Waals surface area contributed by atoms with E-state index in [0.717, 1.165) is 0 Å². The number of benzene rings is 6. The first-order valence-electron chi connectivity index (χ1n) is 18.4. The Kier molecular flexibility index (Phi) is 11.3. The fraction of sp³-hybridized carbons (Fsp3) is 0.204. The number of aromatic nitrogens is 2. The van der Waals surface area contributed by atoms with Gasteiger partial charge in [0.2, 0.25) is 0 Å². The van der Waals surface area contributed by atoms with E-state index in [0.29, 0.717) is 0 Å². The monoisotopic (exact) mass is 700 g/mol. The lowest BCUT2D eigenvalue weighted by Gasteiger charge is -2.23. The third-order valence-corrected chi connectivity index (χ3v) is 10.8. The van der Waals surface area contributed by atoms with E-state index in [-0.39, 0.29) is 36.1 Å². The smallest absolute Gasteiger partial charge is 0.254 e.